The van der Waals surface area contributed by atoms with Crippen molar-refractivity contribution in [3.05, 3.63) is 29.3 Å². The summed E-state index contributed by atoms with van der Waals surface area (Å²) in [5.41, 5.74) is 3.11. The Kier molecular flexibility index (Phi) is 5.09. The second kappa shape index (κ2) is 6.33. The lowest BCUT2D eigenvalue weighted by atomic mass is 9.77. The summed E-state index contributed by atoms with van der Waals surface area (Å²) in [6.07, 6.45) is 3.06. The van der Waals surface area contributed by atoms with Crippen molar-refractivity contribution in [1.82, 2.24) is 4.72 Å². The molecule has 0 aromatic heterocycles. The quantitative estimate of drug-likeness (QED) is 0.515. The molecule has 1 N–H and O–H groups in total. The van der Waals surface area contributed by atoms with Gasteiger partial charge in [0, 0.05) is 6.54 Å². The van der Waals surface area contributed by atoms with Gasteiger partial charge in [0.1, 0.15) is 0 Å². The second-order valence-electron chi connectivity index (χ2n) is 6.69. The van der Waals surface area contributed by atoms with Gasteiger partial charge in [0.25, 0.3) is 0 Å². The fraction of sp³-hybridized carbons (Fsp3) is 0.625. The van der Waals surface area contributed by atoms with Gasteiger partial charge in [0.2, 0.25) is 0 Å². The van der Waals surface area contributed by atoms with Gasteiger partial charge in [-0.15, -0.1) is 0 Å². The van der Waals surface area contributed by atoms with E-state index >= 15 is 0 Å². The second-order valence-corrected chi connectivity index (χ2v) is 7.39. The molecule has 5 heteroatoms. The maximum absolute atomic E-state index is 6.14. The molecule has 3 nitrogen and oxygen atoms in total. The predicted molar refractivity (Wildman–Crippen MR) is 92.1 cm³/mol. The van der Waals surface area contributed by atoms with Crippen LogP contribution in [0.4, 0.5) is 0 Å². The van der Waals surface area contributed by atoms with Gasteiger partial charge >= 0.3 is 7.12 Å². The summed E-state index contributed by atoms with van der Waals surface area (Å²) in [5, 5.41) is 0. The molecule has 2 rings (SSSR count). The van der Waals surface area contributed by atoms with Crippen LogP contribution >= 0.6 is 11.9 Å². The van der Waals surface area contributed by atoms with Gasteiger partial charge in [0.15, 0.2) is 0 Å². The Morgan fingerprint density at radius 2 is 1.71 bits per heavy atom. The Bertz CT molecular complexity index is 489. The number of hydrogen-bond acceptors (Lipinski definition) is 4. The SMILES string of the molecule is CSNCCc1cc(C)cc(B2OC(C)(C)C(C)(C)O2)c1. The lowest BCUT2D eigenvalue weighted by Gasteiger charge is -2.32. The number of hydrogen-bond donors (Lipinski definition) is 1. The van der Waals surface area contributed by atoms with Gasteiger partial charge < -0.3 is 9.31 Å². The summed E-state index contributed by atoms with van der Waals surface area (Å²) < 4.78 is 15.6. The zero-order valence-corrected chi connectivity index (χ0v) is 14.8. The average molecular weight is 307 g/mol. The fourth-order valence-electron chi connectivity index (χ4n) is 2.45. The molecule has 0 aliphatic carbocycles. The molecule has 1 saturated heterocycles. The van der Waals surface area contributed by atoms with Crippen LogP contribution in [-0.4, -0.2) is 31.1 Å². The van der Waals surface area contributed by atoms with Crippen molar-refractivity contribution in [3.63, 3.8) is 0 Å². The van der Waals surface area contributed by atoms with Gasteiger partial charge in [-0.25, -0.2) is 0 Å². The Morgan fingerprint density at radius 3 is 2.29 bits per heavy atom. The number of nitrogens with one attached hydrogen (secondary N) is 1. The van der Waals surface area contributed by atoms with E-state index in [1.807, 2.05) is 6.26 Å². The average Bonchev–Trinajstić information content (AvgIpc) is 2.58. The monoisotopic (exact) mass is 307 g/mol. The van der Waals surface area contributed by atoms with E-state index in [1.165, 1.54) is 11.1 Å². The van der Waals surface area contributed by atoms with E-state index in [9.17, 15) is 0 Å². The molecule has 0 saturated carbocycles. The Hall–Kier alpha value is -0.485. The fourth-order valence-corrected chi connectivity index (χ4v) is 2.76. The Labute approximate surface area is 133 Å². The predicted octanol–water partition coefficient (Wildman–Crippen LogP) is 2.70. The molecule has 0 bridgehead atoms. The van der Waals surface area contributed by atoms with Crippen molar-refractivity contribution in [2.75, 3.05) is 12.8 Å². The van der Waals surface area contributed by atoms with Crippen molar-refractivity contribution in [3.8, 4) is 0 Å². The third kappa shape index (κ3) is 3.83. The molecule has 1 aromatic rings. The van der Waals surface area contributed by atoms with E-state index in [4.69, 9.17) is 9.31 Å². The lowest BCUT2D eigenvalue weighted by molar-refractivity contribution is 0.00578. The van der Waals surface area contributed by atoms with Crippen molar-refractivity contribution >= 4 is 24.5 Å². The van der Waals surface area contributed by atoms with Crippen molar-refractivity contribution < 1.29 is 9.31 Å². The molecule has 1 aromatic carbocycles. The van der Waals surface area contributed by atoms with Crippen LogP contribution in [0.5, 0.6) is 0 Å². The van der Waals surface area contributed by atoms with E-state index in [0.717, 1.165) is 18.4 Å². The minimum atomic E-state index is -0.290. The van der Waals surface area contributed by atoms with Crippen LogP contribution in [0.25, 0.3) is 0 Å². The molecule has 1 aliphatic rings. The maximum Gasteiger partial charge on any atom is 0.494 e. The smallest absolute Gasteiger partial charge is 0.399 e. The van der Waals surface area contributed by atoms with E-state index in [1.54, 1.807) is 11.9 Å². The highest BCUT2D eigenvalue weighted by Gasteiger charge is 2.51. The minimum Gasteiger partial charge on any atom is -0.399 e. The molecule has 1 aliphatic heterocycles. The maximum atomic E-state index is 6.14. The highest BCUT2D eigenvalue weighted by Crippen LogP contribution is 2.36. The third-order valence-electron chi connectivity index (χ3n) is 4.34. The molecule has 0 atom stereocenters. The summed E-state index contributed by atoms with van der Waals surface area (Å²) in [6, 6.07) is 6.60. The van der Waals surface area contributed by atoms with Crippen molar-refractivity contribution in [2.45, 2.75) is 52.2 Å². The number of benzene rings is 1. The zero-order chi connectivity index (χ0) is 15.7. The van der Waals surface area contributed by atoms with Gasteiger partial charge in [-0.3, -0.25) is 4.72 Å². The zero-order valence-electron chi connectivity index (χ0n) is 13.9. The van der Waals surface area contributed by atoms with Crippen LogP contribution in [0, 0.1) is 6.92 Å². The van der Waals surface area contributed by atoms with E-state index in [-0.39, 0.29) is 18.3 Å². The lowest BCUT2D eigenvalue weighted by Crippen LogP contribution is -2.41. The third-order valence-corrected chi connectivity index (χ3v) is 4.84. The van der Waals surface area contributed by atoms with Gasteiger partial charge in [-0.1, -0.05) is 35.7 Å². The molecule has 0 radical (unpaired) electrons. The first-order valence-corrected chi connectivity index (χ1v) is 8.69. The van der Waals surface area contributed by atoms with Crippen LogP contribution in [0.15, 0.2) is 18.2 Å². The van der Waals surface area contributed by atoms with Crippen molar-refractivity contribution in [2.24, 2.45) is 0 Å². The van der Waals surface area contributed by atoms with Gasteiger partial charge in [0.05, 0.1) is 11.2 Å². The van der Waals surface area contributed by atoms with Crippen LogP contribution in [0.2, 0.25) is 0 Å². The molecule has 1 heterocycles. The largest absolute Gasteiger partial charge is 0.494 e. The number of aryl methyl sites for hydroxylation is 1. The van der Waals surface area contributed by atoms with Crippen LogP contribution in [-0.2, 0) is 15.7 Å². The van der Waals surface area contributed by atoms with E-state index in [0.29, 0.717) is 0 Å². The molecular weight excluding hydrogens is 281 g/mol. The van der Waals surface area contributed by atoms with E-state index in [2.05, 4.69) is 57.5 Å². The summed E-state index contributed by atoms with van der Waals surface area (Å²) >= 11 is 1.65. The highest BCUT2D eigenvalue weighted by molar-refractivity contribution is 7.96. The molecule has 0 spiro atoms. The summed E-state index contributed by atoms with van der Waals surface area (Å²) in [4.78, 5) is 0. The first-order valence-electron chi connectivity index (χ1n) is 7.47. The first-order chi connectivity index (χ1) is 9.75. The Balaban J connectivity index is 2.17. The normalized spacial score (nSPS) is 20.0. The first kappa shape index (κ1) is 16.9. The summed E-state index contributed by atoms with van der Waals surface area (Å²) in [6.45, 7) is 11.4. The van der Waals surface area contributed by atoms with Gasteiger partial charge in [-0.05, 0) is 58.3 Å². The van der Waals surface area contributed by atoms with E-state index < -0.39 is 0 Å². The molecular formula is C16H26BNO2S. The van der Waals surface area contributed by atoms with Crippen LogP contribution in [0.3, 0.4) is 0 Å². The molecule has 21 heavy (non-hydrogen) atoms. The molecule has 0 unspecified atom stereocenters. The standard InChI is InChI=1S/C16H26BNO2S/c1-12-9-13(7-8-18-21-6)11-14(10-12)17-19-15(2,3)16(4,5)20-17/h9-11,18H,7-8H2,1-6H3. The van der Waals surface area contributed by atoms with Crippen LogP contribution in [0.1, 0.15) is 38.8 Å². The van der Waals surface area contributed by atoms with Gasteiger partial charge in [-0.2, -0.15) is 0 Å². The summed E-state index contributed by atoms with van der Waals surface area (Å²) in [5.74, 6) is 0. The minimum absolute atomic E-state index is 0.276. The molecule has 116 valence electrons. The Morgan fingerprint density at radius 1 is 1.10 bits per heavy atom. The number of rotatable bonds is 5. The topological polar surface area (TPSA) is 30.5 Å². The van der Waals surface area contributed by atoms with Crippen LogP contribution < -0.4 is 10.2 Å². The van der Waals surface area contributed by atoms with Crippen molar-refractivity contribution in [1.29, 1.82) is 0 Å². The summed E-state index contributed by atoms with van der Waals surface area (Å²) in [7, 11) is -0.276. The molecule has 1 fully saturated rings. The highest BCUT2D eigenvalue weighted by atomic mass is 32.2. The molecule has 0 amide bonds.